The van der Waals surface area contributed by atoms with Crippen LogP contribution in [0.3, 0.4) is 0 Å². The Morgan fingerprint density at radius 3 is 2.38 bits per heavy atom. The molecule has 1 amide bonds. The highest BCUT2D eigenvalue weighted by atomic mass is 16.6. The zero-order valence-corrected chi connectivity index (χ0v) is 15.0. The maximum absolute atomic E-state index is 11.6. The lowest BCUT2D eigenvalue weighted by Crippen LogP contribution is -2.35. The molecule has 0 saturated carbocycles. The Morgan fingerprint density at radius 2 is 1.79 bits per heavy atom. The summed E-state index contributed by atoms with van der Waals surface area (Å²) in [6.07, 6.45) is 2.03. The summed E-state index contributed by atoms with van der Waals surface area (Å²) in [6.45, 7) is 8.99. The number of nitrogens with zero attached hydrogens (tertiary/aromatic N) is 1. The van der Waals surface area contributed by atoms with Gasteiger partial charge in [-0.1, -0.05) is 24.3 Å². The van der Waals surface area contributed by atoms with Crippen LogP contribution in [0.25, 0.3) is 0 Å². The molecule has 1 heterocycles. The highest BCUT2D eigenvalue weighted by Gasteiger charge is 2.17. The molecule has 5 nitrogen and oxygen atoms in total. The number of hydrogen-bond acceptors (Lipinski definition) is 4. The minimum absolute atomic E-state index is 0.124. The number of hydrogen-bond donors (Lipinski definition) is 2. The number of nitrogens with one attached hydrogen (secondary N) is 1. The van der Waals surface area contributed by atoms with E-state index in [1.165, 1.54) is 11.1 Å². The van der Waals surface area contributed by atoms with Gasteiger partial charge in [-0.15, -0.1) is 0 Å². The molecule has 1 aromatic rings. The van der Waals surface area contributed by atoms with Gasteiger partial charge in [-0.3, -0.25) is 4.90 Å². The molecule has 134 valence electrons. The smallest absolute Gasteiger partial charge is 0.407 e. The first-order valence-electron chi connectivity index (χ1n) is 8.77. The van der Waals surface area contributed by atoms with E-state index in [0.717, 1.165) is 38.9 Å². The average Bonchev–Trinajstić information content (AvgIpc) is 2.49. The van der Waals surface area contributed by atoms with Gasteiger partial charge in [0.2, 0.25) is 0 Å². The first kappa shape index (κ1) is 18.7. The van der Waals surface area contributed by atoms with Gasteiger partial charge in [0.1, 0.15) is 5.60 Å². The van der Waals surface area contributed by atoms with E-state index in [1.807, 2.05) is 20.8 Å². The number of rotatable bonds is 5. The van der Waals surface area contributed by atoms with Crippen LogP contribution in [0.2, 0.25) is 0 Å². The van der Waals surface area contributed by atoms with E-state index < -0.39 is 5.60 Å². The summed E-state index contributed by atoms with van der Waals surface area (Å²) in [5, 5.41) is 12.3. The molecule has 0 aliphatic carbocycles. The molecule has 1 fully saturated rings. The number of aliphatic hydroxyl groups excluding tert-OH is 1. The van der Waals surface area contributed by atoms with E-state index in [4.69, 9.17) is 4.74 Å². The molecule has 0 bridgehead atoms. The molecule has 5 heteroatoms. The fourth-order valence-corrected chi connectivity index (χ4v) is 2.77. The predicted molar refractivity (Wildman–Crippen MR) is 94.9 cm³/mol. The van der Waals surface area contributed by atoms with Crippen molar-refractivity contribution in [2.75, 3.05) is 19.6 Å². The Labute approximate surface area is 145 Å². The molecule has 24 heavy (non-hydrogen) atoms. The zero-order valence-electron chi connectivity index (χ0n) is 15.0. The Morgan fingerprint density at radius 1 is 1.21 bits per heavy atom. The molecular weight excluding hydrogens is 304 g/mol. The molecule has 0 spiro atoms. The number of likely N-dealkylation sites (tertiary alicyclic amines) is 1. The normalized spacial score (nSPS) is 16.8. The molecule has 2 N–H and O–H groups in total. The predicted octanol–water partition coefficient (Wildman–Crippen LogP) is 2.71. The van der Waals surface area contributed by atoms with E-state index >= 15 is 0 Å². The Hall–Kier alpha value is -1.59. The third-order valence-corrected chi connectivity index (χ3v) is 4.07. The van der Waals surface area contributed by atoms with Crippen LogP contribution in [0.4, 0.5) is 4.79 Å². The van der Waals surface area contributed by atoms with Crippen molar-refractivity contribution in [1.29, 1.82) is 0 Å². The third kappa shape index (κ3) is 6.89. The second-order valence-corrected chi connectivity index (χ2v) is 7.50. The van der Waals surface area contributed by atoms with Crippen molar-refractivity contribution in [2.45, 2.75) is 58.3 Å². The molecule has 1 aromatic carbocycles. The number of ether oxygens (including phenoxy) is 1. The van der Waals surface area contributed by atoms with Gasteiger partial charge in [0.15, 0.2) is 0 Å². The van der Waals surface area contributed by atoms with Crippen molar-refractivity contribution in [3.63, 3.8) is 0 Å². The van der Waals surface area contributed by atoms with Crippen LogP contribution >= 0.6 is 0 Å². The van der Waals surface area contributed by atoms with Crippen molar-refractivity contribution >= 4 is 6.09 Å². The number of benzene rings is 1. The average molecular weight is 334 g/mol. The van der Waals surface area contributed by atoms with Gasteiger partial charge in [0.25, 0.3) is 0 Å². The van der Waals surface area contributed by atoms with Crippen LogP contribution in [-0.4, -0.2) is 47.4 Å². The van der Waals surface area contributed by atoms with Gasteiger partial charge < -0.3 is 15.2 Å². The van der Waals surface area contributed by atoms with Gasteiger partial charge >= 0.3 is 6.09 Å². The van der Waals surface area contributed by atoms with E-state index in [9.17, 15) is 9.90 Å². The molecular formula is C19H30N2O3. The monoisotopic (exact) mass is 334 g/mol. The lowest BCUT2D eigenvalue weighted by molar-refractivity contribution is 0.0528. The fourth-order valence-electron chi connectivity index (χ4n) is 2.77. The summed E-state index contributed by atoms with van der Waals surface area (Å²) in [5.41, 5.74) is 2.02. The topological polar surface area (TPSA) is 61.8 Å². The highest BCUT2D eigenvalue weighted by molar-refractivity contribution is 5.67. The number of carbonyl (C=O) groups is 1. The minimum Gasteiger partial charge on any atom is -0.444 e. The summed E-state index contributed by atoms with van der Waals surface area (Å²) in [7, 11) is 0. The maximum atomic E-state index is 11.6. The summed E-state index contributed by atoms with van der Waals surface area (Å²) in [6, 6.07) is 8.53. The quantitative estimate of drug-likeness (QED) is 0.869. The van der Waals surface area contributed by atoms with Crippen molar-refractivity contribution in [1.82, 2.24) is 10.2 Å². The van der Waals surface area contributed by atoms with Crippen molar-refractivity contribution in [3.05, 3.63) is 35.4 Å². The van der Waals surface area contributed by atoms with Gasteiger partial charge in [-0.2, -0.15) is 0 Å². The SMILES string of the molecule is CC(C)(C)OC(=O)NCCc1ccc(CN2CCC(O)CC2)cc1. The van der Waals surface area contributed by atoms with Gasteiger partial charge in [-0.25, -0.2) is 4.79 Å². The van der Waals surface area contributed by atoms with Gasteiger partial charge in [0.05, 0.1) is 6.10 Å². The first-order chi connectivity index (χ1) is 11.3. The number of aliphatic hydroxyl groups is 1. The maximum Gasteiger partial charge on any atom is 0.407 e. The van der Waals surface area contributed by atoms with Crippen LogP contribution in [0.15, 0.2) is 24.3 Å². The summed E-state index contributed by atoms with van der Waals surface area (Å²) in [5.74, 6) is 0. The standard InChI is InChI=1S/C19H30N2O3/c1-19(2,3)24-18(23)20-11-8-15-4-6-16(7-5-15)14-21-12-9-17(22)10-13-21/h4-7,17,22H,8-14H2,1-3H3,(H,20,23). The van der Waals surface area contributed by atoms with Crippen molar-refractivity contribution < 1.29 is 14.6 Å². The minimum atomic E-state index is -0.462. The summed E-state index contributed by atoms with van der Waals surface area (Å²) < 4.78 is 5.21. The lowest BCUT2D eigenvalue weighted by Gasteiger charge is -2.29. The zero-order chi connectivity index (χ0) is 17.6. The largest absolute Gasteiger partial charge is 0.444 e. The van der Waals surface area contributed by atoms with Crippen molar-refractivity contribution in [2.24, 2.45) is 0 Å². The van der Waals surface area contributed by atoms with Gasteiger partial charge in [-0.05, 0) is 51.2 Å². The number of amides is 1. The highest BCUT2D eigenvalue weighted by Crippen LogP contribution is 2.14. The molecule has 0 radical (unpaired) electrons. The third-order valence-electron chi connectivity index (χ3n) is 4.07. The van der Waals surface area contributed by atoms with Crippen LogP contribution in [0, 0.1) is 0 Å². The van der Waals surface area contributed by atoms with Gasteiger partial charge in [0, 0.05) is 26.2 Å². The number of carbonyl (C=O) groups excluding carboxylic acids is 1. The molecule has 1 aliphatic heterocycles. The molecule has 0 aromatic heterocycles. The molecule has 0 atom stereocenters. The second-order valence-electron chi connectivity index (χ2n) is 7.50. The summed E-state index contributed by atoms with van der Waals surface area (Å²) in [4.78, 5) is 14.0. The van der Waals surface area contributed by atoms with E-state index in [-0.39, 0.29) is 12.2 Å². The van der Waals surface area contributed by atoms with E-state index in [0.29, 0.717) is 6.54 Å². The molecule has 2 rings (SSSR count). The second kappa shape index (κ2) is 8.49. The molecule has 1 saturated heterocycles. The molecule has 0 unspecified atom stereocenters. The van der Waals surface area contributed by atoms with E-state index in [2.05, 4.69) is 34.5 Å². The summed E-state index contributed by atoms with van der Waals surface area (Å²) >= 11 is 0. The molecule has 1 aliphatic rings. The van der Waals surface area contributed by atoms with Crippen LogP contribution < -0.4 is 5.32 Å². The lowest BCUT2D eigenvalue weighted by atomic mass is 10.1. The Bertz CT molecular complexity index is 514. The number of alkyl carbamates (subject to hydrolysis) is 1. The Balaban J connectivity index is 1.71. The Kier molecular flexibility index (Phi) is 6.63. The number of piperidine rings is 1. The van der Waals surface area contributed by atoms with Crippen LogP contribution in [-0.2, 0) is 17.7 Å². The van der Waals surface area contributed by atoms with Crippen LogP contribution in [0.5, 0.6) is 0 Å². The first-order valence-corrected chi connectivity index (χ1v) is 8.77. The fraction of sp³-hybridized carbons (Fsp3) is 0.632. The van der Waals surface area contributed by atoms with Crippen molar-refractivity contribution in [3.8, 4) is 0 Å². The van der Waals surface area contributed by atoms with E-state index in [1.54, 1.807) is 0 Å². The van der Waals surface area contributed by atoms with Crippen LogP contribution in [0.1, 0.15) is 44.7 Å².